The number of carbonyl (C=O) groups is 1. The zero-order valence-corrected chi connectivity index (χ0v) is 13.0. The number of amides is 1. The van der Waals surface area contributed by atoms with Crippen LogP contribution >= 0.6 is 15.9 Å². The number of piperazine rings is 1. The normalized spacial score (nSPS) is 15.1. The Kier molecular flexibility index (Phi) is 4.15. The average Bonchev–Trinajstić information content (AvgIpc) is 2.55. The molecule has 0 atom stereocenters. The molecule has 0 bridgehead atoms. The van der Waals surface area contributed by atoms with Crippen LogP contribution in [0.2, 0.25) is 0 Å². The molecule has 1 amide bonds. The molecule has 1 aromatic heterocycles. The van der Waals surface area contributed by atoms with Crippen molar-refractivity contribution in [2.24, 2.45) is 0 Å². The molecule has 0 spiro atoms. The third-order valence-electron chi connectivity index (χ3n) is 3.47. The van der Waals surface area contributed by atoms with Crippen LogP contribution in [-0.4, -0.2) is 47.0 Å². The summed E-state index contributed by atoms with van der Waals surface area (Å²) in [5.74, 6) is 0.803. The van der Waals surface area contributed by atoms with Crippen LogP contribution in [0.1, 0.15) is 10.4 Å². The topological polar surface area (TPSA) is 49.3 Å². The number of hydrogen-bond acceptors (Lipinski definition) is 4. The van der Waals surface area contributed by atoms with E-state index in [2.05, 4.69) is 30.8 Å². The highest BCUT2D eigenvalue weighted by Gasteiger charge is 2.23. The Morgan fingerprint density at radius 3 is 2.43 bits per heavy atom. The van der Waals surface area contributed by atoms with E-state index in [1.54, 1.807) is 18.5 Å². The first-order valence-electron chi connectivity index (χ1n) is 6.81. The molecule has 1 fully saturated rings. The van der Waals surface area contributed by atoms with Gasteiger partial charge in [0.15, 0.2) is 0 Å². The molecular formula is C15H15BrN4O. The molecule has 0 unspecified atom stereocenters. The van der Waals surface area contributed by atoms with Crippen molar-refractivity contribution in [1.29, 1.82) is 0 Å². The predicted octanol–water partition coefficient (Wildman–Crippen LogP) is 2.20. The monoisotopic (exact) mass is 346 g/mol. The molecule has 0 aliphatic carbocycles. The minimum absolute atomic E-state index is 0.0740. The predicted molar refractivity (Wildman–Crippen MR) is 84.3 cm³/mol. The van der Waals surface area contributed by atoms with Gasteiger partial charge in [0.1, 0.15) is 0 Å². The van der Waals surface area contributed by atoms with Gasteiger partial charge in [-0.25, -0.2) is 9.97 Å². The Morgan fingerprint density at radius 2 is 1.76 bits per heavy atom. The number of anilines is 1. The lowest BCUT2D eigenvalue weighted by molar-refractivity contribution is 0.0746. The van der Waals surface area contributed by atoms with Crippen molar-refractivity contribution in [2.75, 3.05) is 31.1 Å². The molecule has 1 saturated heterocycles. The summed E-state index contributed by atoms with van der Waals surface area (Å²) in [4.78, 5) is 24.9. The van der Waals surface area contributed by atoms with Crippen LogP contribution in [-0.2, 0) is 0 Å². The minimum Gasteiger partial charge on any atom is -0.337 e. The zero-order chi connectivity index (χ0) is 14.7. The summed E-state index contributed by atoms with van der Waals surface area (Å²) in [6.45, 7) is 2.88. The molecule has 3 rings (SSSR count). The van der Waals surface area contributed by atoms with Crippen molar-refractivity contribution in [3.05, 3.63) is 52.8 Å². The van der Waals surface area contributed by atoms with Crippen LogP contribution in [0.3, 0.4) is 0 Å². The molecule has 108 valence electrons. The number of nitrogens with zero attached hydrogens (tertiary/aromatic N) is 4. The lowest BCUT2D eigenvalue weighted by Gasteiger charge is -2.34. The minimum atomic E-state index is 0.0740. The van der Waals surface area contributed by atoms with Crippen LogP contribution in [0.5, 0.6) is 0 Å². The molecule has 0 radical (unpaired) electrons. The van der Waals surface area contributed by atoms with E-state index in [-0.39, 0.29) is 5.91 Å². The van der Waals surface area contributed by atoms with Gasteiger partial charge in [0, 0.05) is 48.6 Å². The fourth-order valence-corrected chi connectivity index (χ4v) is 2.77. The van der Waals surface area contributed by atoms with Gasteiger partial charge in [-0.05, 0) is 24.3 Å². The highest BCUT2D eigenvalue weighted by molar-refractivity contribution is 9.10. The van der Waals surface area contributed by atoms with Gasteiger partial charge in [-0.2, -0.15) is 0 Å². The lowest BCUT2D eigenvalue weighted by atomic mass is 10.2. The Bertz CT molecular complexity index is 627. The van der Waals surface area contributed by atoms with Gasteiger partial charge in [-0.3, -0.25) is 4.79 Å². The highest BCUT2D eigenvalue weighted by Crippen LogP contribution is 2.16. The maximum Gasteiger partial charge on any atom is 0.254 e. The molecule has 1 aromatic carbocycles. The fraction of sp³-hybridized carbons (Fsp3) is 0.267. The number of rotatable bonds is 2. The third-order valence-corrected chi connectivity index (χ3v) is 3.97. The van der Waals surface area contributed by atoms with Crippen molar-refractivity contribution in [3.63, 3.8) is 0 Å². The largest absolute Gasteiger partial charge is 0.337 e. The Balaban J connectivity index is 1.64. The first-order valence-corrected chi connectivity index (χ1v) is 7.60. The standard InChI is InChI=1S/C15H15BrN4O/c16-13-4-1-3-12(11-13)14(21)19-7-9-20(10-8-19)15-17-5-2-6-18-15/h1-6,11H,7-10H2. The van der Waals surface area contributed by atoms with Gasteiger partial charge in [-0.15, -0.1) is 0 Å². The lowest BCUT2D eigenvalue weighted by Crippen LogP contribution is -2.49. The quantitative estimate of drug-likeness (QED) is 0.836. The number of benzene rings is 1. The second-order valence-corrected chi connectivity index (χ2v) is 5.75. The van der Waals surface area contributed by atoms with E-state index < -0.39 is 0 Å². The third kappa shape index (κ3) is 3.21. The van der Waals surface area contributed by atoms with Gasteiger partial charge in [-0.1, -0.05) is 22.0 Å². The Hall–Kier alpha value is -1.95. The fourth-order valence-electron chi connectivity index (χ4n) is 2.37. The smallest absolute Gasteiger partial charge is 0.254 e. The van der Waals surface area contributed by atoms with Gasteiger partial charge in [0.05, 0.1) is 0 Å². The zero-order valence-electron chi connectivity index (χ0n) is 11.4. The molecule has 6 heteroatoms. The molecule has 1 aliphatic heterocycles. The van der Waals surface area contributed by atoms with Gasteiger partial charge in [0.2, 0.25) is 5.95 Å². The summed E-state index contributed by atoms with van der Waals surface area (Å²) >= 11 is 3.40. The van der Waals surface area contributed by atoms with Crippen molar-refractivity contribution in [3.8, 4) is 0 Å². The SMILES string of the molecule is O=C(c1cccc(Br)c1)N1CCN(c2ncccn2)CC1. The molecule has 2 aromatic rings. The molecule has 0 N–H and O–H groups in total. The molecular weight excluding hydrogens is 332 g/mol. The number of carbonyl (C=O) groups excluding carboxylic acids is 1. The van der Waals surface area contributed by atoms with E-state index in [1.165, 1.54) is 0 Å². The number of hydrogen-bond donors (Lipinski definition) is 0. The van der Waals surface area contributed by atoms with Crippen LogP contribution < -0.4 is 4.90 Å². The first kappa shape index (κ1) is 14.0. The Labute approximate surface area is 131 Å². The second-order valence-electron chi connectivity index (χ2n) is 4.84. The molecule has 1 aliphatic rings. The van der Waals surface area contributed by atoms with E-state index in [0.717, 1.165) is 23.5 Å². The average molecular weight is 347 g/mol. The van der Waals surface area contributed by atoms with Crippen molar-refractivity contribution >= 4 is 27.8 Å². The molecule has 2 heterocycles. The highest BCUT2D eigenvalue weighted by atomic mass is 79.9. The van der Waals surface area contributed by atoms with E-state index in [1.807, 2.05) is 29.2 Å². The summed E-state index contributed by atoms with van der Waals surface area (Å²) in [6, 6.07) is 9.30. The van der Waals surface area contributed by atoms with Crippen molar-refractivity contribution in [1.82, 2.24) is 14.9 Å². The number of halogens is 1. The van der Waals surface area contributed by atoms with Crippen LogP contribution in [0.25, 0.3) is 0 Å². The summed E-state index contributed by atoms with van der Waals surface area (Å²) in [6.07, 6.45) is 3.47. The van der Waals surface area contributed by atoms with E-state index >= 15 is 0 Å². The second kappa shape index (κ2) is 6.22. The molecule has 0 saturated carbocycles. The van der Waals surface area contributed by atoms with Gasteiger partial charge < -0.3 is 9.80 Å². The maximum atomic E-state index is 12.5. The van der Waals surface area contributed by atoms with Crippen LogP contribution in [0.15, 0.2) is 47.2 Å². The van der Waals surface area contributed by atoms with Gasteiger partial charge in [0.25, 0.3) is 5.91 Å². The van der Waals surface area contributed by atoms with Gasteiger partial charge >= 0.3 is 0 Å². The summed E-state index contributed by atoms with van der Waals surface area (Å²) in [5.41, 5.74) is 0.716. The summed E-state index contributed by atoms with van der Waals surface area (Å²) < 4.78 is 0.921. The molecule has 5 nitrogen and oxygen atoms in total. The first-order chi connectivity index (χ1) is 10.2. The molecule has 21 heavy (non-hydrogen) atoms. The van der Waals surface area contributed by atoms with E-state index in [9.17, 15) is 4.79 Å². The number of aromatic nitrogens is 2. The van der Waals surface area contributed by atoms with Crippen molar-refractivity contribution < 1.29 is 4.79 Å². The maximum absolute atomic E-state index is 12.5. The van der Waals surface area contributed by atoms with E-state index in [4.69, 9.17) is 0 Å². The van der Waals surface area contributed by atoms with Crippen LogP contribution in [0, 0.1) is 0 Å². The van der Waals surface area contributed by atoms with Crippen LogP contribution in [0.4, 0.5) is 5.95 Å². The summed E-state index contributed by atoms with van der Waals surface area (Å²) in [7, 11) is 0. The summed E-state index contributed by atoms with van der Waals surface area (Å²) in [5, 5.41) is 0. The van der Waals surface area contributed by atoms with E-state index in [0.29, 0.717) is 18.7 Å². The van der Waals surface area contributed by atoms with Crippen molar-refractivity contribution in [2.45, 2.75) is 0 Å². The Morgan fingerprint density at radius 1 is 1.05 bits per heavy atom.